The van der Waals surface area contributed by atoms with Crippen molar-refractivity contribution in [2.45, 2.75) is 58.0 Å². The van der Waals surface area contributed by atoms with Gasteiger partial charge in [0.15, 0.2) is 0 Å². The van der Waals surface area contributed by atoms with Crippen LogP contribution in [0.1, 0.15) is 57.6 Å². The molecule has 1 heterocycles. The molecule has 180 valence electrons. The Morgan fingerprint density at radius 1 is 1.33 bits per heavy atom. The number of aliphatic hydroxyl groups is 1. The van der Waals surface area contributed by atoms with Gasteiger partial charge in [-0.05, 0) is 61.4 Å². The molecule has 1 saturated heterocycles. The predicted molar refractivity (Wildman–Crippen MR) is 137 cm³/mol. The summed E-state index contributed by atoms with van der Waals surface area (Å²) in [6.45, 7) is 9.32. The molecule has 0 radical (unpaired) electrons. The van der Waals surface area contributed by atoms with Gasteiger partial charge in [-0.1, -0.05) is 61.3 Å². The highest BCUT2D eigenvalue weighted by Crippen LogP contribution is 2.51. The van der Waals surface area contributed by atoms with Crippen LogP contribution in [-0.2, 0) is 4.79 Å². The minimum atomic E-state index is -0.543. The summed E-state index contributed by atoms with van der Waals surface area (Å²) in [6, 6.07) is 7.74. The van der Waals surface area contributed by atoms with Gasteiger partial charge in [0, 0.05) is 35.1 Å². The number of rotatable bonds is 10. The number of amides is 1. The number of benzene rings is 1. The standard InChI is InChI=1S/C27H36Cl2N2O2/c1-4-13-27(3)17-24(20-7-6-8-22(29)16-20)25(19-9-11-21(28)12-10-19)31(26(27)33)23(5-2)18-30-14-15-32/h4,7,9-12,16,23-25,30,32H,1,5-6,8,13-15,17-18H2,2-3H3/t23-,24-,25-,27+/m1/s1. The molecule has 4 nitrogen and oxygen atoms in total. The first kappa shape index (κ1) is 26.0. The van der Waals surface area contributed by atoms with Crippen molar-refractivity contribution in [2.75, 3.05) is 19.7 Å². The molecule has 1 aliphatic heterocycles. The quantitative estimate of drug-likeness (QED) is 0.311. The predicted octanol–water partition coefficient (Wildman–Crippen LogP) is 6.02. The van der Waals surface area contributed by atoms with Gasteiger partial charge in [0.1, 0.15) is 0 Å². The summed E-state index contributed by atoms with van der Waals surface area (Å²) in [4.78, 5) is 16.2. The van der Waals surface area contributed by atoms with Crippen LogP contribution < -0.4 is 5.32 Å². The number of hydrogen-bond acceptors (Lipinski definition) is 3. The zero-order valence-electron chi connectivity index (χ0n) is 19.7. The second-order valence-corrected chi connectivity index (χ2v) is 10.3. The minimum absolute atomic E-state index is 0.0136. The molecule has 1 amide bonds. The molecule has 4 atom stereocenters. The number of carbonyl (C=O) groups is 1. The summed E-state index contributed by atoms with van der Waals surface area (Å²) in [6.07, 6.45) is 10.2. The zero-order chi connectivity index (χ0) is 24.0. The molecule has 6 heteroatoms. The Balaban J connectivity index is 2.14. The molecule has 33 heavy (non-hydrogen) atoms. The van der Waals surface area contributed by atoms with Crippen LogP contribution in [0.4, 0.5) is 0 Å². The number of nitrogens with one attached hydrogen (secondary N) is 1. The Hall–Kier alpha value is -1.59. The van der Waals surface area contributed by atoms with E-state index < -0.39 is 5.41 Å². The third-order valence-electron chi connectivity index (χ3n) is 6.96. The lowest BCUT2D eigenvalue weighted by molar-refractivity contribution is -0.156. The smallest absolute Gasteiger partial charge is 0.229 e. The maximum atomic E-state index is 14.1. The molecule has 0 unspecified atom stereocenters. The first-order valence-corrected chi connectivity index (χ1v) is 12.7. The van der Waals surface area contributed by atoms with Crippen molar-refractivity contribution in [2.24, 2.45) is 11.3 Å². The SMILES string of the molecule is C=CC[C@@]1(C)C[C@H](C2=CCCC(Cl)=C2)[C@@H](c2ccc(Cl)cc2)N([C@H](CC)CNCCO)C1=O. The number of nitrogens with zero attached hydrogens (tertiary/aromatic N) is 1. The highest BCUT2D eigenvalue weighted by molar-refractivity contribution is 6.30. The number of carbonyl (C=O) groups excluding carboxylic acids is 1. The van der Waals surface area contributed by atoms with Gasteiger partial charge in [-0.3, -0.25) is 4.79 Å². The molecule has 2 aliphatic rings. The van der Waals surface area contributed by atoms with Crippen LogP contribution in [0.3, 0.4) is 0 Å². The molecule has 3 rings (SSSR count). The molecule has 0 saturated carbocycles. The van der Waals surface area contributed by atoms with Crippen LogP contribution in [0.15, 0.2) is 59.7 Å². The van der Waals surface area contributed by atoms with Gasteiger partial charge in [-0.25, -0.2) is 0 Å². The third-order valence-corrected chi connectivity index (χ3v) is 7.51. The van der Waals surface area contributed by atoms with Gasteiger partial charge in [0.25, 0.3) is 0 Å². The van der Waals surface area contributed by atoms with Gasteiger partial charge >= 0.3 is 0 Å². The molecule has 2 N–H and O–H groups in total. The van der Waals surface area contributed by atoms with Crippen LogP contribution in [0.2, 0.25) is 5.02 Å². The number of aliphatic hydroxyl groups excluding tert-OH is 1. The van der Waals surface area contributed by atoms with E-state index in [2.05, 4.69) is 42.8 Å². The molecule has 0 bridgehead atoms. The minimum Gasteiger partial charge on any atom is -0.395 e. The third kappa shape index (κ3) is 5.92. The van der Waals surface area contributed by atoms with E-state index in [0.29, 0.717) is 24.5 Å². The normalized spacial score (nSPS) is 26.6. The summed E-state index contributed by atoms with van der Waals surface area (Å²) in [7, 11) is 0. The lowest BCUT2D eigenvalue weighted by Crippen LogP contribution is -2.58. The van der Waals surface area contributed by atoms with Crippen LogP contribution in [0, 0.1) is 11.3 Å². The van der Waals surface area contributed by atoms with Crippen molar-refractivity contribution in [3.05, 3.63) is 70.3 Å². The van der Waals surface area contributed by atoms with E-state index in [1.54, 1.807) is 0 Å². The summed E-state index contributed by atoms with van der Waals surface area (Å²) >= 11 is 12.7. The number of halogens is 2. The largest absolute Gasteiger partial charge is 0.395 e. The zero-order valence-corrected chi connectivity index (χ0v) is 21.2. The molecule has 1 fully saturated rings. The van der Waals surface area contributed by atoms with E-state index in [9.17, 15) is 9.90 Å². The van der Waals surface area contributed by atoms with Gasteiger partial charge in [0.05, 0.1) is 18.1 Å². The number of piperidine rings is 1. The van der Waals surface area contributed by atoms with E-state index >= 15 is 0 Å². The average molecular weight is 492 g/mol. The number of likely N-dealkylation sites (tertiary alicyclic amines) is 1. The van der Waals surface area contributed by atoms with Gasteiger partial charge < -0.3 is 15.3 Å². The second kappa shape index (κ2) is 11.7. The fourth-order valence-electron chi connectivity index (χ4n) is 5.29. The number of allylic oxidation sites excluding steroid dienone is 4. The van der Waals surface area contributed by atoms with Crippen molar-refractivity contribution in [3.8, 4) is 0 Å². The Labute approximate surface area is 208 Å². The Morgan fingerprint density at radius 3 is 2.67 bits per heavy atom. The average Bonchev–Trinajstić information content (AvgIpc) is 2.80. The molecular formula is C27H36Cl2N2O2. The molecular weight excluding hydrogens is 455 g/mol. The highest BCUT2D eigenvalue weighted by Gasteiger charge is 2.51. The van der Waals surface area contributed by atoms with Crippen molar-refractivity contribution in [1.82, 2.24) is 10.2 Å². The van der Waals surface area contributed by atoms with E-state index in [-0.39, 0.29) is 30.5 Å². The van der Waals surface area contributed by atoms with Gasteiger partial charge in [0.2, 0.25) is 5.91 Å². The summed E-state index contributed by atoms with van der Waals surface area (Å²) in [5.74, 6) is 0.262. The Kier molecular flexibility index (Phi) is 9.23. The lowest BCUT2D eigenvalue weighted by atomic mass is 9.66. The van der Waals surface area contributed by atoms with Crippen molar-refractivity contribution >= 4 is 29.1 Å². The van der Waals surface area contributed by atoms with Crippen LogP contribution in [0.25, 0.3) is 0 Å². The highest BCUT2D eigenvalue weighted by atomic mass is 35.5. The molecule has 1 aliphatic carbocycles. The lowest BCUT2D eigenvalue weighted by Gasteiger charge is -2.52. The molecule has 0 aromatic heterocycles. The van der Waals surface area contributed by atoms with E-state index in [0.717, 1.165) is 36.3 Å². The fourth-order valence-corrected chi connectivity index (χ4v) is 5.65. The maximum Gasteiger partial charge on any atom is 0.229 e. The fraction of sp³-hybridized carbons (Fsp3) is 0.519. The van der Waals surface area contributed by atoms with Crippen molar-refractivity contribution in [3.63, 3.8) is 0 Å². The van der Waals surface area contributed by atoms with Crippen LogP contribution in [0.5, 0.6) is 0 Å². The maximum absolute atomic E-state index is 14.1. The Bertz CT molecular complexity index is 896. The van der Waals surface area contributed by atoms with E-state index in [1.165, 1.54) is 5.57 Å². The van der Waals surface area contributed by atoms with E-state index in [4.69, 9.17) is 23.2 Å². The summed E-state index contributed by atoms with van der Waals surface area (Å²) < 4.78 is 0. The molecule has 0 spiro atoms. The molecule has 1 aromatic carbocycles. The van der Waals surface area contributed by atoms with Crippen LogP contribution in [-0.4, -0.2) is 41.7 Å². The first-order valence-electron chi connectivity index (χ1n) is 11.9. The number of hydrogen-bond donors (Lipinski definition) is 2. The Morgan fingerprint density at radius 2 is 2.06 bits per heavy atom. The molecule has 1 aromatic rings. The van der Waals surface area contributed by atoms with Crippen molar-refractivity contribution in [1.29, 1.82) is 0 Å². The second-order valence-electron chi connectivity index (χ2n) is 9.40. The first-order chi connectivity index (χ1) is 15.8. The summed E-state index contributed by atoms with van der Waals surface area (Å²) in [5.41, 5.74) is 1.74. The topological polar surface area (TPSA) is 52.6 Å². The van der Waals surface area contributed by atoms with Crippen molar-refractivity contribution < 1.29 is 9.90 Å². The van der Waals surface area contributed by atoms with Crippen LogP contribution >= 0.6 is 23.2 Å². The van der Waals surface area contributed by atoms with E-state index in [1.807, 2.05) is 30.3 Å². The summed E-state index contributed by atoms with van der Waals surface area (Å²) in [5, 5.41) is 14.1. The van der Waals surface area contributed by atoms with Gasteiger partial charge in [-0.15, -0.1) is 6.58 Å². The monoisotopic (exact) mass is 490 g/mol. The van der Waals surface area contributed by atoms with Gasteiger partial charge in [-0.2, -0.15) is 0 Å².